The molecule has 0 N–H and O–H groups in total. The van der Waals surface area contributed by atoms with Gasteiger partial charge in [0.05, 0.1) is 0 Å². The summed E-state index contributed by atoms with van der Waals surface area (Å²) in [4.78, 5) is 12.0. The summed E-state index contributed by atoms with van der Waals surface area (Å²) in [5.74, 6) is -0.865. The van der Waals surface area contributed by atoms with Crippen LogP contribution in [0.15, 0.2) is 0 Å². The first-order valence-corrected chi connectivity index (χ1v) is 7.65. The van der Waals surface area contributed by atoms with Crippen LogP contribution in [0.1, 0.15) is 6.92 Å². The molecule has 1 aliphatic rings. The Hall–Kier alpha value is -0.370. The van der Waals surface area contributed by atoms with E-state index in [1.807, 2.05) is 0 Å². The number of thioether (sulfide) groups is 1. The fraction of sp³-hybridized carbons (Fsp3) is 0.875. The molecule has 0 aliphatic carbocycles. The highest BCUT2D eigenvalue weighted by Gasteiger charge is 2.38. The number of halogens is 2. The molecular formula is C8H13F2NO3S2. The Morgan fingerprint density at radius 2 is 2.19 bits per heavy atom. The SMILES string of the molecule is CCS(=O)(=O)C1CSCCN1C(=O)C(F)F. The second-order valence-electron chi connectivity index (χ2n) is 3.31. The number of rotatable bonds is 3. The zero-order valence-electron chi connectivity index (χ0n) is 8.73. The van der Waals surface area contributed by atoms with Gasteiger partial charge in [0.25, 0.3) is 5.91 Å². The molecule has 1 amide bonds. The van der Waals surface area contributed by atoms with E-state index in [0.29, 0.717) is 5.75 Å². The monoisotopic (exact) mass is 273 g/mol. The minimum Gasteiger partial charge on any atom is -0.319 e. The van der Waals surface area contributed by atoms with Crippen LogP contribution in [0.2, 0.25) is 0 Å². The third-order valence-electron chi connectivity index (χ3n) is 2.37. The largest absolute Gasteiger partial charge is 0.319 e. The van der Waals surface area contributed by atoms with Gasteiger partial charge in [0, 0.05) is 23.8 Å². The van der Waals surface area contributed by atoms with E-state index in [4.69, 9.17) is 0 Å². The van der Waals surface area contributed by atoms with Gasteiger partial charge in [0.2, 0.25) is 0 Å². The lowest BCUT2D eigenvalue weighted by Crippen LogP contribution is -2.52. The topological polar surface area (TPSA) is 54.5 Å². The number of sulfone groups is 1. The van der Waals surface area contributed by atoms with Crippen molar-refractivity contribution in [3.8, 4) is 0 Å². The molecule has 16 heavy (non-hydrogen) atoms. The minimum atomic E-state index is -3.50. The van der Waals surface area contributed by atoms with Crippen molar-refractivity contribution in [1.29, 1.82) is 0 Å². The summed E-state index contributed by atoms with van der Waals surface area (Å²) in [6, 6.07) is 0. The predicted molar refractivity (Wildman–Crippen MR) is 58.3 cm³/mol. The smallest absolute Gasteiger partial charge is 0.315 e. The lowest BCUT2D eigenvalue weighted by Gasteiger charge is -2.34. The van der Waals surface area contributed by atoms with Crippen LogP contribution >= 0.6 is 11.8 Å². The molecule has 1 fully saturated rings. The van der Waals surface area contributed by atoms with Gasteiger partial charge in [-0.3, -0.25) is 4.79 Å². The maximum absolute atomic E-state index is 12.3. The summed E-state index contributed by atoms with van der Waals surface area (Å²) in [5.41, 5.74) is 0. The van der Waals surface area contributed by atoms with Gasteiger partial charge in [-0.05, 0) is 0 Å². The predicted octanol–water partition coefficient (Wildman–Crippen LogP) is 0.588. The van der Waals surface area contributed by atoms with Crippen molar-refractivity contribution in [2.24, 2.45) is 0 Å². The van der Waals surface area contributed by atoms with Gasteiger partial charge in [-0.25, -0.2) is 8.42 Å². The number of amides is 1. The van der Waals surface area contributed by atoms with Crippen LogP contribution < -0.4 is 0 Å². The van der Waals surface area contributed by atoms with Gasteiger partial charge < -0.3 is 4.90 Å². The molecule has 0 aromatic rings. The average molecular weight is 273 g/mol. The summed E-state index contributed by atoms with van der Waals surface area (Å²) in [6.07, 6.45) is -3.14. The van der Waals surface area contributed by atoms with E-state index in [1.165, 1.54) is 18.7 Å². The van der Waals surface area contributed by atoms with Crippen molar-refractivity contribution < 1.29 is 22.0 Å². The van der Waals surface area contributed by atoms with Crippen molar-refractivity contribution in [2.45, 2.75) is 18.7 Å². The number of hydrogen-bond acceptors (Lipinski definition) is 4. The molecule has 1 atom stereocenters. The van der Waals surface area contributed by atoms with Crippen molar-refractivity contribution in [2.75, 3.05) is 23.8 Å². The van der Waals surface area contributed by atoms with Crippen LogP contribution in [0.3, 0.4) is 0 Å². The average Bonchev–Trinajstić information content (AvgIpc) is 2.28. The highest BCUT2D eigenvalue weighted by atomic mass is 32.2. The third-order valence-corrected chi connectivity index (χ3v) is 5.66. The number of hydrogen-bond donors (Lipinski definition) is 0. The molecule has 4 nitrogen and oxygen atoms in total. The zero-order valence-corrected chi connectivity index (χ0v) is 10.4. The molecule has 1 aliphatic heterocycles. The number of nitrogens with zero attached hydrogens (tertiary/aromatic N) is 1. The Labute approximate surface area is 97.3 Å². The highest BCUT2D eigenvalue weighted by Crippen LogP contribution is 2.22. The van der Waals surface area contributed by atoms with Gasteiger partial charge in [-0.15, -0.1) is 0 Å². The molecule has 1 heterocycles. The minimum absolute atomic E-state index is 0.0672. The van der Waals surface area contributed by atoms with Crippen molar-refractivity contribution >= 4 is 27.5 Å². The van der Waals surface area contributed by atoms with Gasteiger partial charge in [0.15, 0.2) is 9.84 Å². The number of carbonyl (C=O) groups excluding carboxylic acids is 1. The molecule has 1 rings (SSSR count). The molecule has 0 saturated carbocycles. The first kappa shape index (κ1) is 13.7. The number of alkyl halides is 2. The van der Waals surface area contributed by atoms with Crippen LogP contribution in [0.25, 0.3) is 0 Å². The molecule has 0 spiro atoms. The third kappa shape index (κ3) is 2.85. The van der Waals surface area contributed by atoms with E-state index in [2.05, 4.69) is 0 Å². The first-order valence-electron chi connectivity index (χ1n) is 4.78. The molecular weight excluding hydrogens is 260 g/mol. The van der Waals surface area contributed by atoms with E-state index in [1.54, 1.807) is 0 Å². The van der Waals surface area contributed by atoms with E-state index in [-0.39, 0.29) is 18.1 Å². The van der Waals surface area contributed by atoms with Gasteiger partial charge in [-0.2, -0.15) is 20.5 Å². The lowest BCUT2D eigenvalue weighted by atomic mass is 10.4. The van der Waals surface area contributed by atoms with Gasteiger partial charge >= 0.3 is 6.43 Å². The fourth-order valence-electron chi connectivity index (χ4n) is 1.45. The summed E-state index contributed by atoms with van der Waals surface area (Å²) < 4.78 is 47.9. The maximum atomic E-state index is 12.3. The molecule has 0 radical (unpaired) electrons. The van der Waals surface area contributed by atoms with Gasteiger partial charge in [0.1, 0.15) is 5.37 Å². The quantitative estimate of drug-likeness (QED) is 0.755. The summed E-state index contributed by atoms with van der Waals surface area (Å²) >= 11 is 1.36. The molecule has 8 heteroatoms. The van der Waals surface area contributed by atoms with Crippen LogP contribution in [-0.4, -0.2) is 54.8 Å². The van der Waals surface area contributed by atoms with Crippen LogP contribution in [0.5, 0.6) is 0 Å². The van der Waals surface area contributed by atoms with Crippen LogP contribution in [0.4, 0.5) is 8.78 Å². The molecule has 0 aromatic carbocycles. The Bertz CT molecular complexity index is 358. The standard InChI is InChI=1S/C8H13F2NO3S2/c1-2-16(13,14)6-5-15-4-3-11(6)8(12)7(9)10/h6-7H,2-5H2,1H3. The van der Waals surface area contributed by atoms with E-state index >= 15 is 0 Å². The Balaban J connectivity index is 2.92. The second kappa shape index (κ2) is 5.31. The normalized spacial score (nSPS) is 22.5. The molecule has 0 bridgehead atoms. The van der Waals surface area contributed by atoms with Crippen molar-refractivity contribution in [3.05, 3.63) is 0 Å². The maximum Gasteiger partial charge on any atom is 0.315 e. The zero-order chi connectivity index (χ0) is 12.3. The Morgan fingerprint density at radius 1 is 1.56 bits per heavy atom. The molecule has 1 saturated heterocycles. The molecule has 0 aromatic heterocycles. The summed E-state index contributed by atoms with van der Waals surface area (Å²) in [5, 5.41) is -1.10. The lowest BCUT2D eigenvalue weighted by molar-refractivity contribution is -0.143. The van der Waals surface area contributed by atoms with E-state index in [0.717, 1.165) is 4.90 Å². The van der Waals surface area contributed by atoms with Crippen LogP contribution in [0, 0.1) is 0 Å². The molecule has 94 valence electrons. The van der Waals surface area contributed by atoms with Gasteiger partial charge in [-0.1, -0.05) is 6.92 Å². The summed E-state index contributed by atoms with van der Waals surface area (Å²) in [6.45, 7) is 1.51. The van der Waals surface area contributed by atoms with Crippen molar-refractivity contribution in [3.63, 3.8) is 0 Å². The van der Waals surface area contributed by atoms with Crippen LogP contribution in [-0.2, 0) is 14.6 Å². The van der Waals surface area contributed by atoms with Crippen molar-refractivity contribution in [1.82, 2.24) is 4.90 Å². The second-order valence-corrected chi connectivity index (χ2v) is 6.91. The molecule has 1 unspecified atom stereocenters. The Kier molecular flexibility index (Phi) is 4.54. The first-order chi connectivity index (χ1) is 7.40. The summed E-state index contributed by atoms with van der Waals surface area (Å²) in [7, 11) is -3.50. The fourth-order valence-corrected chi connectivity index (χ4v) is 4.42. The number of carbonyl (C=O) groups is 1. The van der Waals surface area contributed by atoms with E-state index < -0.39 is 27.5 Å². The Morgan fingerprint density at radius 3 is 2.69 bits per heavy atom. The van der Waals surface area contributed by atoms with E-state index in [9.17, 15) is 22.0 Å². The highest BCUT2D eigenvalue weighted by molar-refractivity contribution is 8.01.